The molecule has 1 N–H and O–H groups in total. The van der Waals surface area contributed by atoms with Crippen LogP contribution in [0.2, 0.25) is 0 Å². The molecule has 2 aromatic carbocycles. The number of ether oxygens (including phenoxy) is 1. The minimum Gasteiger partial charge on any atom is -0.456 e. The number of hydrogen-bond donors (Lipinski definition) is 1. The second-order valence-electron chi connectivity index (χ2n) is 8.24. The number of rotatable bonds is 5. The lowest BCUT2D eigenvalue weighted by atomic mass is 9.69. The number of fused-ring (bicyclic) bond motifs is 2. The van der Waals surface area contributed by atoms with Gasteiger partial charge in [-0.05, 0) is 56.9 Å². The smallest absolute Gasteiger partial charge is 0.338 e. The fourth-order valence-corrected chi connectivity index (χ4v) is 5.08. The Balaban J connectivity index is 1.48. The van der Waals surface area contributed by atoms with Crippen molar-refractivity contribution in [2.75, 3.05) is 5.75 Å². The number of carbonyl (C=O) groups excluding carboxylic acids is 1. The maximum atomic E-state index is 12.6. The van der Waals surface area contributed by atoms with Gasteiger partial charge in [0.1, 0.15) is 23.4 Å². The molecule has 1 saturated heterocycles. The summed E-state index contributed by atoms with van der Waals surface area (Å²) in [5.41, 5.74) is -1.38. The first-order valence-electron chi connectivity index (χ1n) is 9.89. The van der Waals surface area contributed by atoms with Gasteiger partial charge in [-0.15, -0.1) is 11.8 Å². The quantitative estimate of drug-likeness (QED) is 0.448. The Hall–Kier alpha value is -1.86. The first-order valence-corrected chi connectivity index (χ1v) is 10.9. The van der Waals surface area contributed by atoms with Gasteiger partial charge in [0.05, 0.1) is 5.56 Å². The lowest BCUT2D eigenvalue weighted by molar-refractivity contribution is -0.448. The highest BCUT2D eigenvalue weighted by Gasteiger charge is 2.57. The number of hydrogen-bond acceptors (Lipinski definition) is 6. The summed E-state index contributed by atoms with van der Waals surface area (Å²) in [5.74, 6) is 0.374. The molecular weight excluding hydrogens is 388 g/mol. The van der Waals surface area contributed by atoms with E-state index in [4.69, 9.17) is 14.5 Å². The molecule has 0 radical (unpaired) electrons. The van der Waals surface area contributed by atoms with E-state index in [1.807, 2.05) is 31.2 Å². The molecule has 0 amide bonds. The topological polar surface area (TPSA) is 65.0 Å². The summed E-state index contributed by atoms with van der Waals surface area (Å²) in [4.78, 5) is 25.2. The van der Waals surface area contributed by atoms with Crippen LogP contribution in [0.1, 0.15) is 37.0 Å². The minimum absolute atomic E-state index is 0.103. The van der Waals surface area contributed by atoms with Gasteiger partial charge in [0.2, 0.25) is 0 Å². The average Bonchev–Trinajstić information content (AvgIpc) is 2.74. The van der Waals surface area contributed by atoms with E-state index in [0.29, 0.717) is 24.2 Å². The lowest BCUT2D eigenvalue weighted by Crippen LogP contribution is -2.64. The molecule has 2 aliphatic rings. The van der Waals surface area contributed by atoms with Crippen LogP contribution >= 0.6 is 11.8 Å². The molecule has 1 saturated carbocycles. The SMILES string of the molecule is C[C@@]1(O)[C@@H]2C[C@H](C[C@@H]1OC(=O)c1ccccc1)[C@@](C)(CSc1ccccc1)OO2. The molecule has 2 fully saturated rings. The molecule has 0 aromatic heterocycles. The highest BCUT2D eigenvalue weighted by atomic mass is 32.2. The van der Waals surface area contributed by atoms with Crippen molar-refractivity contribution in [3.8, 4) is 0 Å². The monoisotopic (exact) mass is 414 g/mol. The molecule has 0 unspecified atom stereocenters. The van der Waals surface area contributed by atoms with Crippen molar-refractivity contribution in [2.45, 2.75) is 55.0 Å². The maximum absolute atomic E-state index is 12.6. The van der Waals surface area contributed by atoms with E-state index < -0.39 is 29.4 Å². The van der Waals surface area contributed by atoms with Crippen LogP contribution in [0.3, 0.4) is 0 Å². The maximum Gasteiger partial charge on any atom is 0.338 e. The third-order valence-electron chi connectivity index (χ3n) is 6.05. The van der Waals surface area contributed by atoms with Crippen molar-refractivity contribution in [3.63, 3.8) is 0 Å². The highest BCUT2D eigenvalue weighted by molar-refractivity contribution is 7.99. The molecule has 2 aromatic rings. The Bertz CT molecular complexity index is 841. The van der Waals surface area contributed by atoms with Gasteiger partial charge in [-0.3, -0.25) is 0 Å². The summed E-state index contributed by atoms with van der Waals surface area (Å²) < 4.78 is 5.75. The summed E-state index contributed by atoms with van der Waals surface area (Å²) in [5, 5.41) is 11.0. The number of benzene rings is 2. The molecule has 154 valence electrons. The Kier molecular flexibility index (Phi) is 5.71. The van der Waals surface area contributed by atoms with Crippen molar-refractivity contribution in [2.24, 2.45) is 5.92 Å². The fraction of sp³-hybridized carbons (Fsp3) is 0.435. The molecule has 2 bridgehead atoms. The van der Waals surface area contributed by atoms with E-state index >= 15 is 0 Å². The van der Waals surface area contributed by atoms with Crippen LogP contribution in [0.5, 0.6) is 0 Å². The van der Waals surface area contributed by atoms with Gasteiger partial charge in [-0.25, -0.2) is 14.6 Å². The van der Waals surface area contributed by atoms with Gasteiger partial charge in [-0.1, -0.05) is 36.4 Å². The van der Waals surface area contributed by atoms with Crippen LogP contribution in [0.15, 0.2) is 65.6 Å². The molecule has 29 heavy (non-hydrogen) atoms. The Morgan fingerprint density at radius 1 is 1.10 bits per heavy atom. The van der Waals surface area contributed by atoms with Gasteiger partial charge >= 0.3 is 5.97 Å². The van der Waals surface area contributed by atoms with Crippen LogP contribution in [-0.2, 0) is 14.5 Å². The predicted octanol–water partition coefficient (Wildman–Crippen LogP) is 4.25. The van der Waals surface area contributed by atoms with Crippen molar-refractivity contribution < 1.29 is 24.4 Å². The summed E-state index contributed by atoms with van der Waals surface area (Å²) in [6, 6.07) is 19.0. The molecule has 1 aliphatic heterocycles. The lowest BCUT2D eigenvalue weighted by Gasteiger charge is -2.53. The van der Waals surface area contributed by atoms with Crippen molar-refractivity contribution in [1.82, 2.24) is 0 Å². The Labute approximate surface area is 175 Å². The number of carbonyl (C=O) groups is 1. The van der Waals surface area contributed by atoms with Crippen molar-refractivity contribution in [3.05, 3.63) is 66.2 Å². The zero-order chi connectivity index (χ0) is 20.5. The standard InChI is InChI=1S/C23H26O5S/c1-22(15-29-18-11-7-4-8-12-18)17-13-19(23(2,25)20(14-17)27-28-22)26-21(24)16-9-5-3-6-10-16/h3-12,17,19-20,25H,13-15H2,1-2H3/t17-,19-,20-,22+,23-/m0/s1. The van der Waals surface area contributed by atoms with E-state index in [9.17, 15) is 9.90 Å². The molecular formula is C23H26O5S. The highest BCUT2D eigenvalue weighted by Crippen LogP contribution is 2.47. The van der Waals surface area contributed by atoms with Gasteiger partial charge in [0.25, 0.3) is 0 Å². The van der Waals surface area contributed by atoms with Crippen molar-refractivity contribution >= 4 is 17.7 Å². The first-order chi connectivity index (χ1) is 13.9. The van der Waals surface area contributed by atoms with Crippen LogP contribution in [0, 0.1) is 5.92 Å². The van der Waals surface area contributed by atoms with Crippen LogP contribution in [0.25, 0.3) is 0 Å². The second kappa shape index (κ2) is 8.11. The average molecular weight is 415 g/mol. The number of esters is 1. The largest absolute Gasteiger partial charge is 0.456 e. The van der Waals surface area contributed by atoms with E-state index in [1.54, 1.807) is 43.0 Å². The third kappa shape index (κ3) is 4.21. The third-order valence-corrected chi connectivity index (χ3v) is 7.37. The van der Waals surface area contributed by atoms with E-state index in [0.717, 1.165) is 4.90 Å². The van der Waals surface area contributed by atoms with Gasteiger partial charge in [0.15, 0.2) is 0 Å². The van der Waals surface area contributed by atoms with Crippen LogP contribution in [0.4, 0.5) is 0 Å². The minimum atomic E-state index is -1.31. The molecule has 4 rings (SSSR count). The van der Waals surface area contributed by atoms with Crippen molar-refractivity contribution in [1.29, 1.82) is 0 Å². The van der Waals surface area contributed by atoms with Gasteiger partial charge in [0, 0.05) is 10.6 Å². The molecule has 6 heteroatoms. The van der Waals surface area contributed by atoms with E-state index in [2.05, 4.69) is 12.1 Å². The van der Waals surface area contributed by atoms with E-state index in [-0.39, 0.29) is 5.92 Å². The molecule has 0 spiro atoms. The predicted molar refractivity (Wildman–Crippen MR) is 111 cm³/mol. The van der Waals surface area contributed by atoms with Crippen LogP contribution in [-0.4, -0.2) is 40.2 Å². The molecule has 1 aliphatic carbocycles. The Morgan fingerprint density at radius 3 is 2.45 bits per heavy atom. The van der Waals surface area contributed by atoms with Gasteiger partial charge in [-0.2, -0.15) is 0 Å². The summed E-state index contributed by atoms with van der Waals surface area (Å²) in [7, 11) is 0. The van der Waals surface area contributed by atoms with E-state index in [1.165, 1.54) is 0 Å². The normalized spacial score (nSPS) is 33.8. The summed E-state index contributed by atoms with van der Waals surface area (Å²) in [6.45, 7) is 3.68. The van der Waals surface area contributed by atoms with Gasteiger partial charge < -0.3 is 9.84 Å². The number of aliphatic hydroxyl groups is 1. The molecule has 5 nitrogen and oxygen atoms in total. The Morgan fingerprint density at radius 2 is 1.76 bits per heavy atom. The second-order valence-corrected chi connectivity index (χ2v) is 9.29. The zero-order valence-corrected chi connectivity index (χ0v) is 17.4. The molecule has 5 atom stereocenters. The summed E-state index contributed by atoms with van der Waals surface area (Å²) in [6.07, 6.45) is -0.0104. The van der Waals surface area contributed by atoms with Crippen LogP contribution < -0.4 is 0 Å². The summed E-state index contributed by atoms with van der Waals surface area (Å²) >= 11 is 1.71. The molecule has 1 heterocycles. The fourth-order valence-electron chi connectivity index (χ4n) is 3.99. The number of thioether (sulfide) groups is 1. The first kappa shape index (κ1) is 20.4. The zero-order valence-electron chi connectivity index (χ0n) is 16.6.